The third-order valence-electron chi connectivity index (χ3n) is 2.96. The molecule has 1 heterocycles. The first-order valence-electron chi connectivity index (χ1n) is 6.35. The van der Waals surface area contributed by atoms with Gasteiger partial charge in [-0.1, -0.05) is 19.1 Å². The quantitative estimate of drug-likeness (QED) is 0.864. The number of nitrogens with two attached hydrogens (primary N) is 1. The van der Waals surface area contributed by atoms with Gasteiger partial charge in [-0.05, 0) is 28.1 Å². The van der Waals surface area contributed by atoms with Crippen molar-refractivity contribution in [3.63, 3.8) is 0 Å². The van der Waals surface area contributed by atoms with Crippen molar-refractivity contribution >= 4 is 33.4 Å². The molecule has 110 valence electrons. The molecule has 1 aromatic carbocycles. The molecule has 21 heavy (non-hydrogen) atoms. The van der Waals surface area contributed by atoms with Crippen LogP contribution < -0.4 is 11.1 Å². The number of hydrogen-bond donors (Lipinski definition) is 2. The van der Waals surface area contributed by atoms with E-state index in [0.717, 1.165) is 4.47 Å². The number of nitrogens with zero attached hydrogens (tertiary/aromatic N) is 2. The molecule has 2 amide bonds. The lowest BCUT2D eigenvalue weighted by molar-refractivity contribution is -0.119. The molecule has 2 rings (SSSR count). The number of hydrogen-bond acceptors (Lipinski definition) is 3. The summed E-state index contributed by atoms with van der Waals surface area (Å²) in [4.78, 5) is 23.5. The van der Waals surface area contributed by atoms with Crippen LogP contribution >= 0.6 is 15.9 Å². The van der Waals surface area contributed by atoms with Crippen LogP contribution in [0.3, 0.4) is 0 Å². The number of anilines is 1. The van der Waals surface area contributed by atoms with Gasteiger partial charge in [0.05, 0.1) is 34.4 Å². The maximum absolute atomic E-state index is 12.2. The molecule has 3 N–H and O–H groups in total. The Morgan fingerprint density at radius 2 is 2.14 bits per heavy atom. The van der Waals surface area contributed by atoms with Crippen molar-refractivity contribution in [3.8, 4) is 0 Å². The zero-order valence-corrected chi connectivity index (χ0v) is 13.0. The zero-order chi connectivity index (χ0) is 15.4. The number of carbonyl (C=O) groups excluding carboxylic acids is 2. The summed E-state index contributed by atoms with van der Waals surface area (Å²) in [5, 5.41) is 6.83. The van der Waals surface area contributed by atoms with Gasteiger partial charge in [0.15, 0.2) is 0 Å². The molecule has 0 radical (unpaired) electrons. The summed E-state index contributed by atoms with van der Waals surface area (Å²) >= 11 is 3.30. The van der Waals surface area contributed by atoms with Gasteiger partial charge < -0.3 is 11.1 Å². The lowest BCUT2D eigenvalue weighted by atomic mass is 10.1. The number of aromatic nitrogens is 2. The lowest BCUT2D eigenvalue weighted by Gasteiger charge is -2.14. The fraction of sp³-hybridized carbons (Fsp3) is 0.214. The van der Waals surface area contributed by atoms with E-state index in [-0.39, 0.29) is 11.8 Å². The number of carbonyl (C=O) groups is 2. The highest BCUT2D eigenvalue weighted by atomic mass is 79.9. The van der Waals surface area contributed by atoms with E-state index in [1.165, 1.54) is 0 Å². The van der Waals surface area contributed by atoms with E-state index in [1.54, 1.807) is 48.3 Å². The third-order valence-corrected chi connectivity index (χ3v) is 3.37. The maximum Gasteiger partial charge on any atom is 0.250 e. The summed E-state index contributed by atoms with van der Waals surface area (Å²) in [6, 6.07) is 6.65. The molecule has 0 spiro atoms. The summed E-state index contributed by atoms with van der Waals surface area (Å²) < 4.78 is 2.53. The molecular weight excluding hydrogens is 336 g/mol. The van der Waals surface area contributed by atoms with Gasteiger partial charge in [-0.25, -0.2) is 0 Å². The van der Waals surface area contributed by atoms with Crippen LogP contribution in [0.15, 0.2) is 41.1 Å². The Kier molecular flexibility index (Phi) is 4.74. The predicted octanol–water partition coefficient (Wildman–Crippen LogP) is 2.02. The van der Waals surface area contributed by atoms with Gasteiger partial charge in [0, 0.05) is 6.20 Å². The van der Waals surface area contributed by atoms with Crippen LogP contribution in [0.2, 0.25) is 0 Å². The van der Waals surface area contributed by atoms with Crippen molar-refractivity contribution in [2.24, 2.45) is 11.7 Å². The number of amides is 2. The Bertz CT molecular complexity index is 668. The van der Waals surface area contributed by atoms with Crippen LogP contribution in [0.4, 0.5) is 5.69 Å². The molecule has 0 aliphatic carbocycles. The molecule has 0 bridgehead atoms. The molecule has 0 saturated carbocycles. The zero-order valence-electron chi connectivity index (χ0n) is 11.4. The standard InChI is InChI=1S/C14H15BrN4O2/c1-9(7-19-8-10(15)6-17-19)14(21)18-12-5-3-2-4-11(12)13(16)20/h2-6,8-9H,7H2,1H3,(H2,16,20)(H,18,21)/t9-/m1/s1. The molecule has 0 fully saturated rings. The lowest BCUT2D eigenvalue weighted by Crippen LogP contribution is -2.26. The summed E-state index contributed by atoms with van der Waals surface area (Å²) in [6.07, 6.45) is 3.45. The molecule has 1 aromatic heterocycles. The normalized spacial score (nSPS) is 11.9. The third kappa shape index (κ3) is 3.91. The minimum absolute atomic E-state index is 0.199. The molecule has 0 aliphatic rings. The van der Waals surface area contributed by atoms with Crippen LogP contribution in [-0.4, -0.2) is 21.6 Å². The minimum atomic E-state index is -0.574. The topological polar surface area (TPSA) is 90.0 Å². The van der Waals surface area contributed by atoms with Gasteiger partial charge in [-0.15, -0.1) is 0 Å². The number of rotatable bonds is 5. The van der Waals surface area contributed by atoms with Crippen molar-refractivity contribution in [3.05, 3.63) is 46.7 Å². The largest absolute Gasteiger partial charge is 0.366 e. The Hall–Kier alpha value is -2.15. The maximum atomic E-state index is 12.2. The number of benzene rings is 1. The first-order valence-corrected chi connectivity index (χ1v) is 7.14. The Balaban J connectivity index is 2.05. The van der Waals surface area contributed by atoms with E-state index in [9.17, 15) is 9.59 Å². The second-order valence-corrected chi connectivity index (χ2v) is 5.60. The summed E-state index contributed by atoms with van der Waals surface area (Å²) in [7, 11) is 0. The van der Waals surface area contributed by atoms with E-state index in [1.807, 2.05) is 0 Å². The second-order valence-electron chi connectivity index (χ2n) is 4.68. The fourth-order valence-electron chi connectivity index (χ4n) is 1.86. The van der Waals surface area contributed by atoms with Crippen molar-refractivity contribution < 1.29 is 9.59 Å². The van der Waals surface area contributed by atoms with Crippen molar-refractivity contribution in [1.29, 1.82) is 0 Å². The fourth-order valence-corrected chi connectivity index (χ4v) is 2.19. The van der Waals surface area contributed by atoms with Crippen LogP contribution in [0.5, 0.6) is 0 Å². The molecule has 0 aliphatic heterocycles. The molecule has 2 aromatic rings. The number of nitrogens with one attached hydrogen (secondary N) is 1. The molecule has 1 atom stereocenters. The van der Waals surface area contributed by atoms with Gasteiger partial charge in [0.1, 0.15) is 0 Å². The van der Waals surface area contributed by atoms with Crippen molar-refractivity contribution in [1.82, 2.24) is 9.78 Å². The Morgan fingerprint density at radius 3 is 2.76 bits per heavy atom. The van der Waals surface area contributed by atoms with Crippen molar-refractivity contribution in [2.75, 3.05) is 5.32 Å². The molecule has 7 heteroatoms. The van der Waals surface area contributed by atoms with E-state index in [0.29, 0.717) is 17.8 Å². The Labute approximate surface area is 130 Å². The number of primary amides is 1. The average molecular weight is 351 g/mol. The van der Waals surface area contributed by atoms with Crippen LogP contribution in [0, 0.1) is 5.92 Å². The first kappa shape index (κ1) is 15.2. The van der Waals surface area contributed by atoms with Crippen molar-refractivity contribution in [2.45, 2.75) is 13.5 Å². The highest BCUT2D eigenvalue weighted by molar-refractivity contribution is 9.10. The van der Waals surface area contributed by atoms with E-state index >= 15 is 0 Å². The van der Waals surface area contributed by atoms with Crippen LogP contribution in [0.1, 0.15) is 17.3 Å². The smallest absolute Gasteiger partial charge is 0.250 e. The Morgan fingerprint density at radius 1 is 1.43 bits per heavy atom. The van der Waals surface area contributed by atoms with Crippen LogP contribution in [0.25, 0.3) is 0 Å². The van der Waals surface area contributed by atoms with Gasteiger partial charge in [-0.2, -0.15) is 5.10 Å². The SMILES string of the molecule is C[C@H](Cn1cc(Br)cn1)C(=O)Nc1ccccc1C(N)=O. The van der Waals surface area contributed by atoms with Gasteiger partial charge in [0.2, 0.25) is 5.91 Å². The minimum Gasteiger partial charge on any atom is -0.366 e. The van der Waals surface area contributed by atoms with E-state index in [4.69, 9.17) is 5.73 Å². The monoisotopic (exact) mass is 350 g/mol. The molecule has 0 unspecified atom stereocenters. The van der Waals surface area contributed by atoms with Crippen LogP contribution in [-0.2, 0) is 11.3 Å². The molecular formula is C14H15BrN4O2. The van der Waals surface area contributed by atoms with Gasteiger partial charge in [-0.3, -0.25) is 14.3 Å². The number of halogens is 1. The highest BCUT2D eigenvalue weighted by Gasteiger charge is 2.16. The summed E-state index contributed by atoms with van der Waals surface area (Å²) in [6.45, 7) is 2.23. The second kappa shape index (κ2) is 6.53. The van der Waals surface area contributed by atoms with E-state index in [2.05, 4.69) is 26.3 Å². The van der Waals surface area contributed by atoms with Gasteiger partial charge in [0.25, 0.3) is 5.91 Å². The van der Waals surface area contributed by atoms with E-state index < -0.39 is 5.91 Å². The molecule has 6 nitrogen and oxygen atoms in total. The summed E-state index contributed by atoms with van der Waals surface area (Å²) in [5.74, 6) is -1.08. The molecule has 0 saturated heterocycles. The first-order chi connectivity index (χ1) is 9.97. The average Bonchev–Trinajstić information content (AvgIpc) is 2.84. The number of para-hydroxylation sites is 1. The predicted molar refractivity (Wildman–Crippen MR) is 82.7 cm³/mol. The van der Waals surface area contributed by atoms with Gasteiger partial charge >= 0.3 is 0 Å². The summed E-state index contributed by atoms with van der Waals surface area (Å²) in [5.41, 5.74) is 5.99. The highest BCUT2D eigenvalue weighted by Crippen LogP contribution is 2.16.